The highest BCUT2D eigenvalue weighted by Gasteiger charge is 2.38. The van der Waals surface area contributed by atoms with Crippen LogP contribution in [-0.2, 0) is 14.3 Å². The Kier molecular flexibility index (Phi) is 5.41. The van der Waals surface area contributed by atoms with E-state index in [4.69, 9.17) is 9.84 Å². The molecule has 0 aromatic carbocycles. The summed E-state index contributed by atoms with van der Waals surface area (Å²) < 4.78 is 4.92. The van der Waals surface area contributed by atoms with Gasteiger partial charge in [-0.15, -0.1) is 0 Å². The smallest absolute Gasteiger partial charge is 0.307 e. The van der Waals surface area contributed by atoms with Crippen LogP contribution in [0.25, 0.3) is 0 Å². The second-order valence-electron chi connectivity index (χ2n) is 4.59. The Hall–Kier alpha value is -1.10. The normalized spacial score (nSPS) is 23.6. The van der Waals surface area contributed by atoms with Gasteiger partial charge in [0.2, 0.25) is 5.91 Å². The van der Waals surface area contributed by atoms with E-state index in [0.717, 1.165) is 12.8 Å². The summed E-state index contributed by atoms with van der Waals surface area (Å²) in [6, 6.07) is 0. The summed E-state index contributed by atoms with van der Waals surface area (Å²) in [6.45, 7) is 1.24. The van der Waals surface area contributed by atoms with Gasteiger partial charge in [-0.05, 0) is 19.3 Å². The maximum Gasteiger partial charge on any atom is 0.307 e. The summed E-state index contributed by atoms with van der Waals surface area (Å²) in [4.78, 5) is 24.7. The fourth-order valence-corrected chi connectivity index (χ4v) is 2.39. The van der Waals surface area contributed by atoms with E-state index in [2.05, 4.69) is 0 Å². The first-order valence-corrected chi connectivity index (χ1v) is 6.04. The molecule has 0 aliphatic heterocycles. The van der Waals surface area contributed by atoms with Crippen molar-refractivity contribution in [1.29, 1.82) is 0 Å². The summed E-state index contributed by atoms with van der Waals surface area (Å²) in [7, 11) is 3.36. The van der Waals surface area contributed by atoms with Crippen LogP contribution in [0.1, 0.15) is 25.7 Å². The predicted molar refractivity (Wildman–Crippen MR) is 62.6 cm³/mol. The van der Waals surface area contributed by atoms with Crippen LogP contribution in [0.5, 0.6) is 0 Å². The van der Waals surface area contributed by atoms with Crippen molar-refractivity contribution in [2.45, 2.75) is 25.7 Å². The lowest BCUT2D eigenvalue weighted by Crippen LogP contribution is -2.37. The number of carbonyl (C=O) groups is 2. The summed E-state index contributed by atoms with van der Waals surface area (Å²) in [5, 5.41) is 9.04. The topological polar surface area (TPSA) is 66.8 Å². The number of carboxylic acid groups (broad SMARTS) is 1. The number of ether oxygens (including phenoxy) is 1. The molecule has 98 valence electrons. The van der Waals surface area contributed by atoms with Crippen molar-refractivity contribution >= 4 is 11.9 Å². The Labute approximate surface area is 102 Å². The Morgan fingerprint density at radius 2 is 2.00 bits per heavy atom. The van der Waals surface area contributed by atoms with E-state index in [0.29, 0.717) is 26.0 Å². The largest absolute Gasteiger partial charge is 0.481 e. The lowest BCUT2D eigenvalue weighted by molar-refractivity contribution is -0.148. The minimum absolute atomic E-state index is 0.0361. The molecule has 1 aliphatic carbocycles. The molecule has 1 N–H and O–H groups in total. The maximum atomic E-state index is 12.1. The van der Waals surface area contributed by atoms with E-state index >= 15 is 0 Å². The van der Waals surface area contributed by atoms with Crippen LogP contribution in [0.2, 0.25) is 0 Å². The maximum absolute atomic E-state index is 12.1. The molecule has 0 unspecified atom stereocenters. The Balaban J connectivity index is 2.47. The van der Waals surface area contributed by atoms with Gasteiger partial charge in [0.25, 0.3) is 0 Å². The molecule has 0 heterocycles. The zero-order valence-corrected chi connectivity index (χ0v) is 10.5. The molecule has 0 saturated heterocycles. The first-order valence-electron chi connectivity index (χ1n) is 6.04. The number of hydrogen-bond donors (Lipinski definition) is 1. The van der Waals surface area contributed by atoms with Crippen molar-refractivity contribution in [3.63, 3.8) is 0 Å². The summed E-state index contributed by atoms with van der Waals surface area (Å²) >= 11 is 0. The van der Waals surface area contributed by atoms with Gasteiger partial charge >= 0.3 is 5.97 Å². The van der Waals surface area contributed by atoms with E-state index in [9.17, 15) is 9.59 Å². The zero-order valence-electron chi connectivity index (χ0n) is 10.5. The molecule has 1 saturated carbocycles. The molecule has 0 radical (unpaired) electrons. The Morgan fingerprint density at radius 3 is 2.59 bits per heavy atom. The van der Waals surface area contributed by atoms with Crippen LogP contribution >= 0.6 is 0 Å². The fourth-order valence-electron chi connectivity index (χ4n) is 2.39. The molecule has 5 nitrogen and oxygen atoms in total. The number of aliphatic carboxylic acids is 1. The van der Waals surface area contributed by atoms with Crippen LogP contribution in [0.15, 0.2) is 0 Å². The van der Waals surface area contributed by atoms with Crippen LogP contribution in [0, 0.1) is 11.8 Å². The molecule has 17 heavy (non-hydrogen) atoms. The lowest BCUT2D eigenvalue weighted by Gasteiger charge is -2.23. The summed E-state index contributed by atoms with van der Waals surface area (Å²) in [5.74, 6) is -1.70. The molecule has 0 spiro atoms. The van der Waals surface area contributed by atoms with Gasteiger partial charge in [0, 0.05) is 27.3 Å². The number of nitrogens with zero attached hydrogens (tertiary/aromatic N) is 1. The van der Waals surface area contributed by atoms with Crippen LogP contribution in [0.3, 0.4) is 0 Å². The van der Waals surface area contributed by atoms with Gasteiger partial charge in [-0.1, -0.05) is 6.42 Å². The van der Waals surface area contributed by atoms with Crippen molar-refractivity contribution < 1.29 is 19.4 Å². The number of methoxy groups -OCH3 is 1. The molecule has 2 atom stereocenters. The molecule has 0 aromatic rings. The van der Waals surface area contributed by atoms with Gasteiger partial charge in [0.15, 0.2) is 0 Å². The highest BCUT2D eigenvalue weighted by atomic mass is 16.5. The van der Waals surface area contributed by atoms with Crippen LogP contribution < -0.4 is 0 Å². The van der Waals surface area contributed by atoms with Gasteiger partial charge in [0.05, 0.1) is 11.8 Å². The average molecular weight is 243 g/mol. The van der Waals surface area contributed by atoms with Gasteiger partial charge in [0.1, 0.15) is 0 Å². The monoisotopic (exact) mass is 243 g/mol. The molecule has 0 bridgehead atoms. The van der Waals surface area contributed by atoms with Crippen LogP contribution in [0.4, 0.5) is 0 Å². The second-order valence-corrected chi connectivity index (χ2v) is 4.59. The van der Waals surface area contributed by atoms with Crippen molar-refractivity contribution in [1.82, 2.24) is 4.90 Å². The summed E-state index contributed by atoms with van der Waals surface area (Å²) in [6.07, 6.45) is 2.94. The molecule has 1 rings (SSSR count). The highest BCUT2D eigenvalue weighted by molar-refractivity contribution is 5.85. The number of carbonyl (C=O) groups excluding carboxylic acids is 1. The van der Waals surface area contributed by atoms with Gasteiger partial charge in [-0.3, -0.25) is 9.59 Å². The number of carboxylic acids is 1. The molecular formula is C12H21NO4. The number of rotatable bonds is 6. The van der Waals surface area contributed by atoms with Gasteiger partial charge < -0.3 is 14.7 Å². The highest BCUT2D eigenvalue weighted by Crippen LogP contribution is 2.33. The standard InChI is InChI=1S/C12H21NO4/c1-13(7-4-8-17-2)11(14)9-5-3-6-10(9)12(15)16/h9-10H,3-8H2,1-2H3,(H,15,16)/t9-,10+/m1/s1. The van der Waals surface area contributed by atoms with Crippen molar-refractivity contribution in [3.05, 3.63) is 0 Å². The van der Waals surface area contributed by atoms with E-state index in [-0.39, 0.29) is 11.8 Å². The Bertz CT molecular complexity index is 280. The molecule has 1 fully saturated rings. The minimum Gasteiger partial charge on any atom is -0.481 e. The third kappa shape index (κ3) is 3.70. The van der Waals surface area contributed by atoms with Gasteiger partial charge in [-0.2, -0.15) is 0 Å². The average Bonchev–Trinajstić information content (AvgIpc) is 2.77. The molecule has 1 aliphatic rings. The SMILES string of the molecule is COCCCN(C)C(=O)[C@@H]1CCC[C@@H]1C(=O)O. The Morgan fingerprint density at radius 1 is 1.35 bits per heavy atom. The predicted octanol–water partition coefficient (Wildman–Crippen LogP) is 0.982. The number of amides is 1. The first-order chi connectivity index (χ1) is 8.07. The van der Waals surface area contributed by atoms with Gasteiger partial charge in [-0.25, -0.2) is 0 Å². The minimum atomic E-state index is -0.842. The quantitative estimate of drug-likeness (QED) is 0.706. The first kappa shape index (κ1) is 14.0. The van der Waals surface area contributed by atoms with E-state index in [1.807, 2.05) is 0 Å². The van der Waals surface area contributed by atoms with E-state index in [1.54, 1.807) is 19.1 Å². The molecule has 0 aromatic heterocycles. The van der Waals surface area contributed by atoms with E-state index < -0.39 is 11.9 Å². The number of hydrogen-bond acceptors (Lipinski definition) is 3. The molecule has 1 amide bonds. The molecule has 5 heteroatoms. The van der Waals surface area contributed by atoms with Crippen LogP contribution in [-0.4, -0.2) is 49.2 Å². The summed E-state index contributed by atoms with van der Waals surface area (Å²) in [5.41, 5.74) is 0. The van der Waals surface area contributed by atoms with Crippen molar-refractivity contribution in [3.8, 4) is 0 Å². The fraction of sp³-hybridized carbons (Fsp3) is 0.833. The molecular weight excluding hydrogens is 222 g/mol. The third-order valence-corrected chi connectivity index (χ3v) is 3.37. The third-order valence-electron chi connectivity index (χ3n) is 3.37. The second kappa shape index (κ2) is 6.59. The van der Waals surface area contributed by atoms with Crippen molar-refractivity contribution in [2.75, 3.05) is 27.3 Å². The lowest BCUT2D eigenvalue weighted by atomic mass is 9.95. The van der Waals surface area contributed by atoms with Crippen molar-refractivity contribution in [2.24, 2.45) is 11.8 Å². The zero-order chi connectivity index (χ0) is 12.8. The van der Waals surface area contributed by atoms with E-state index in [1.165, 1.54) is 0 Å².